The quantitative estimate of drug-likeness (QED) is 0.853. The number of halogens is 1. The molecule has 19 heavy (non-hydrogen) atoms. The highest BCUT2D eigenvalue weighted by molar-refractivity contribution is 9.10. The van der Waals surface area contributed by atoms with Crippen LogP contribution in [0.15, 0.2) is 23.2 Å². The Kier molecular flexibility index (Phi) is 2.76. The fourth-order valence-electron chi connectivity index (χ4n) is 2.81. The van der Waals surface area contributed by atoms with Gasteiger partial charge >= 0.3 is 0 Å². The van der Waals surface area contributed by atoms with Crippen molar-refractivity contribution in [3.63, 3.8) is 0 Å². The summed E-state index contributed by atoms with van der Waals surface area (Å²) in [7, 11) is 0. The van der Waals surface area contributed by atoms with E-state index < -0.39 is 0 Å². The van der Waals surface area contributed by atoms with Gasteiger partial charge in [-0.1, -0.05) is 0 Å². The molecule has 0 amide bonds. The summed E-state index contributed by atoms with van der Waals surface area (Å²) in [5, 5.41) is 19.0. The number of nitriles is 2. The lowest BCUT2D eigenvalue weighted by atomic mass is 9.67. The Bertz CT molecular complexity index is 715. The average molecular weight is 316 g/mol. The van der Waals surface area contributed by atoms with Crippen LogP contribution in [0.25, 0.3) is 11.0 Å². The van der Waals surface area contributed by atoms with E-state index in [0.717, 1.165) is 15.5 Å². The smallest absolute Gasteiger partial charge is 0.145 e. The van der Waals surface area contributed by atoms with Crippen molar-refractivity contribution in [1.82, 2.24) is 14.5 Å². The van der Waals surface area contributed by atoms with Gasteiger partial charge in [0.15, 0.2) is 0 Å². The largest absolute Gasteiger partial charge is 0.324 e. The van der Waals surface area contributed by atoms with Crippen molar-refractivity contribution in [2.24, 2.45) is 5.92 Å². The summed E-state index contributed by atoms with van der Waals surface area (Å²) >= 11 is 3.50. The Morgan fingerprint density at radius 1 is 1.47 bits per heavy atom. The summed E-state index contributed by atoms with van der Waals surface area (Å²) in [5.41, 5.74) is 0.516. The van der Waals surface area contributed by atoms with Gasteiger partial charge in [0.25, 0.3) is 0 Å². The minimum Gasteiger partial charge on any atom is -0.324 e. The monoisotopic (exact) mass is 315 g/mol. The van der Waals surface area contributed by atoms with Gasteiger partial charge in [-0.25, -0.2) is 9.97 Å². The van der Waals surface area contributed by atoms with Crippen LogP contribution in [0, 0.1) is 28.6 Å². The molecule has 0 bridgehead atoms. The molecule has 3 rings (SSSR count). The second-order valence-corrected chi connectivity index (χ2v) is 5.75. The first-order chi connectivity index (χ1) is 9.20. The maximum absolute atomic E-state index is 9.08. The van der Waals surface area contributed by atoms with Crippen molar-refractivity contribution in [2.45, 2.75) is 24.8 Å². The lowest BCUT2D eigenvalue weighted by Gasteiger charge is -2.45. The van der Waals surface area contributed by atoms with Gasteiger partial charge in [-0.15, -0.1) is 0 Å². The molecule has 0 spiro atoms. The van der Waals surface area contributed by atoms with Gasteiger partial charge < -0.3 is 4.57 Å². The molecule has 0 aliphatic heterocycles. The van der Waals surface area contributed by atoms with Crippen LogP contribution >= 0.6 is 15.9 Å². The third-order valence-electron chi connectivity index (χ3n) is 3.77. The van der Waals surface area contributed by atoms with E-state index in [9.17, 15) is 0 Å². The van der Waals surface area contributed by atoms with E-state index in [2.05, 4.69) is 38.0 Å². The zero-order chi connectivity index (χ0) is 13.5. The normalized spacial score (nSPS) is 25.5. The van der Waals surface area contributed by atoms with Crippen LogP contribution in [0.3, 0.4) is 0 Å². The molecule has 94 valence electrons. The molecule has 1 aliphatic rings. The third kappa shape index (κ3) is 1.72. The summed E-state index contributed by atoms with van der Waals surface area (Å²) in [6.07, 6.45) is 7.01. The van der Waals surface area contributed by atoms with Crippen molar-refractivity contribution >= 4 is 27.0 Å². The molecule has 5 nitrogen and oxygen atoms in total. The maximum atomic E-state index is 9.08. The molecule has 2 heterocycles. The molecule has 0 unspecified atom stereocenters. The van der Waals surface area contributed by atoms with Crippen LogP contribution in [0.2, 0.25) is 0 Å². The van der Waals surface area contributed by atoms with Gasteiger partial charge in [-0.2, -0.15) is 10.5 Å². The van der Waals surface area contributed by atoms with Crippen molar-refractivity contribution in [1.29, 1.82) is 10.5 Å². The molecule has 0 saturated heterocycles. The predicted octanol–water partition coefficient (Wildman–Crippen LogP) is 2.74. The van der Waals surface area contributed by atoms with Crippen LogP contribution in [0.5, 0.6) is 0 Å². The van der Waals surface area contributed by atoms with E-state index in [4.69, 9.17) is 10.5 Å². The van der Waals surface area contributed by atoms with E-state index in [-0.39, 0.29) is 11.5 Å². The van der Waals surface area contributed by atoms with Gasteiger partial charge in [0.2, 0.25) is 0 Å². The summed E-state index contributed by atoms with van der Waals surface area (Å²) in [4.78, 5) is 8.33. The lowest BCUT2D eigenvalue weighted by Crippen LogP contribution is -2.45. The van der Waals surface area contributed by atoms with Gasteiger partial charge in [0.05, 0.1) is 35.4 Å². The first kappa shape index (κ1) is 12.1. The first-order valence-electron chi connectivity index (χ1n) is 5.94. The number of hydrogen-bond donors (Lipinski definition) is 0. The van der Waals surface area contributed by atoms with E-state index in [1.807, 2.05) is 10.8 Å². The topological polar surface area (TPSA) is 78.3 Å². The molecule has 2 aromatic heterocycles. The van der Waals surface area contributed by atoms with Crippen LogP contribution in [0.4, 0.5) is 0 Å². The molecule has 6 heteroatoms. The number of hydrogen-bond acceptors (Lipinski definition) is 4. The van der Waals surface area contributed by atoms with E-state index in [1.54, 1.807) is 6.20 Å². The van der Waals surface area contributed by atoms with Crippen LogP contribution in [0.1, 0.15) is 19.3 Å². The molecule has 0 aromatic carbocycles. The van der Waals surface area contributed by atoms with Gasteiger partial charge in [0.1, 0.15) is 12.0 Å². The number of aromatic nitrogens is 3. The molecule has 2 aromatic rings. The summed E-state index contributed by atoms with van der Waals surface area (Å²) in [5.74, 6) is 0.0337. The van der Waals surface area contributed by atoms with Gasteiger partial charge in [-0.3, -0.25) is 0 Å². The van der Waals surface area contributed by atoms with Crippen LogP contribution < -0.4 is 0 Å². The SMILES string of the molecule is N#CCC1(n2cc(Br)c3cncnc32)CC(C#N)C1. The minimum absolute atomic E-state index is 0.0337. The van der Waals surface area contributed by atoms with Crippen molar-refractivity contribution in [3.8, 4) is 12.1 Å². The first-order valence-corrected chi connectivity index (χ1v) is 6.73. The maximum Gasteiger partial charge on any atom is 0.145 e. The minimum atomic E-state index is -0.298. The van der Waals surface area contributed by atoms with Crippen molar-refractivity contribution in [3.05, 3.63) is 23.2 Å². The fraction of sp³-hybridized carbons (Fsp3) is 0.385. The lowest BCUT2D eigenvalue weighted by molar-refractivity contribution is 0.108. The standard InChI is InChI=1S/C13H10BrN5/c14-11-7-19(12-10(11)6-17-8-18-12)13(1-2-15)3-9(4-13)5-16/h6-9H,1,3-4H2. The number of rotatable bonds is 2. The molecule has 0 N–H and O–H groups in total. The van der Waals surface area contributed by atoms with Crippen LogP contribution in [-0.2, 0) is 5.54 Å². The zero-order valence-corrected chi connectivity index (χ0v) is 11.6. The zero-order valence-electron chi connectivity index (χ0n) is 10.0. The third-order valence-corrected chi connectivity index (χ3v) is 4.41. The second-order valence-electron chi connectivity index (χ2n) is 4.90. The number of nitrogens with zero attached hydrogens (tertiary/aromatic N) is 5. The van der Waals surface area contributed by atoms with E-state index >= 15 is 0 Å². The molecule has 1 aliphatic carbocycles. The highest BCUT2D eigenvalue weighted by atomic mass is 79.9. The summed E-state index contributed by atoms with van der Waals surface area (Å²) < 4.78 is 2.95. The Labute approximate surface area is 118 Å². The average Bonchev–Trinajstić information content (AvgIpc) is 2.72. The molecule has 1 fully saturated rings. The predicted molar refractivity (Wildman–Crippen MR) is 71.8 cm³/mol. The summed E-state index contributed by atoms with van der Waals surface area (Å²) in [6.45, 7) is 0. The van der Waals surface area contributed by atoms with E-state index in [1.165, 1.54) is 6.33 Å². The second kappa shape index (κ2) is 4.32. The van der Waals surface area contributed by atoms with Gasteiger partial charge in [-0.05, 0) is 28.8 Å². The Morgan fingerprint density at radius 3 is 2.95 bits per heavy atom. The molecule has 1 saturated carbocycles. The Balaban J connectivity index is 2.13. The molecular weight excluding hydrogens is 306 g/mol. The molecule has 0 radical (unpaired) electrons. The Hall–Kier alpha value is -1.92. The van der Waals surface area contributed by atoms with Crippen LogP contribution in [-0.4, -0.2) is 14.5 Å². The number of fused-ring (bicyclic) bond motifs is 1. The van der Waals surface area contributed by atoms with Crippen molar-refractivity contribution < 1.29 is 0 Å². The fourth-order valence-corrected chi connectivity index (χ4v) is 3.30. The van der Waals surface area contributed by atoms with Gasteiger partial charge in [0, 0.05) is 16.9 Å². The highest BCUT2D eigenvalue weighted by Crippen LogP contribution is 2.48. The van der Waals surface area contributed by atoms with E-state index in [0.29, 0.717) is 19.3 Å². The Morgan fingerprint density at radius 2 is 2.26 bits per heavy atom. The van der Waals surface area contributed by atoms with Crippen molar-refractivity contribution in [2.75, 3.05) is 0 Å². The molecular formula is C13H10BrN5. The summed E-state index contributed by atoms with van der Waals surface area (Å²) in [6, 6.07) is 4.51. The highest BCUT2D eigenvalue weighted by Gasteiger charge is 2.46. The molecule has 0 atom stereocenters.